The first-order valence-corrected chi connectivity index (χ1v) is 5.24. The molecule has 0 aromatic heterocycles. The molecule has 1 atom stereocenters. The Bertz CT molecular complexity index is 161. The lowest BCUT2D eigenvalue weighted by Crippen LogP contribution is -2.29. The van der Waals surface area contributed by atoms with Crippen LogP contribution in [0.15, 0.2) is 0 Å². The number of rotatable bonds is 4. The standard InChI is InChI=1S/C10H18F3N/c1-14-7-9(6-10(11,12)13)8-4-2-3-5-8/h8-9,14H,2-7H2,1H3/t9-/m0/s1. The molecule has 0 heterocycles. The summed E-state index contributed by atoms with van der Waals surface area (Å²) >= 11 is 0. The van der Waals surface area contributed by atoms with Gasteiger partial charge in [0.1, 0.15) is 0 Å². The third-order valence-corrected chi connectivity index (χ3v) is 3.03. The maximum atomic E-state index is 12.3. The maximum Gasteiger partial charge on any atom is 0.389 e. The van der Waals surface area contributed by atoms with Crippen LogP contribution in [0.3, 0.4) is 0 Å². The van der Waals surface area contributed by atoms with Crippen LogP contribution in [0.4, 0.5) is 13.2 Å². The van der Waals surface area contributed by atoms with Crippen LogP contribution in [-0.4, -0.2) is 19.8 Å². The summed E-state index contributed by atoms with van der Waals surface area (Å²) < 4.78 is 36.8. The number of hydrogen-bond acceptors (Lipinski definition) is 1. The summed E-state index contributed by atoms with van der Waals surface area (Å²) in [4.78, 5) is 0. The van der Waals surface area contributed by atoms with Crippen LogP contribution < -0.4 is 5.32 Å². The van der Waals surface area contributed by atoms with E-state index in [4.69, 9.17) is 0 Å². The van der Waals surface area contributed by atoms with E-state index in [0.29, 0.717) is 6.54 Å². The maximum absolute atomic E-state index is 12.3. The zero-order valence-electron chi connectivity index (χ0n) is 8.53. The fourth-order valence-corrected chi connectivity index (χ4v) is 2.39. The minimum absolute atomic E-state index is 0.220. The second-order valence-electron chi connectivity index (χ2n) is 4.18. The van der Waals surface area contributed by atoms with Crippen molar-refractivity contribution in [2.45, 2.75) is 38.3 Å². The Labute approximate surface area is 83.1 Å². The van der Waals surface area contributed by atoms with Gasteiger partial charge in [0.15, 0.2) is 0 Å². The van der Waals surface area contributed by atoms with Gasteiger partial charge in [-0.15, -0.1) is 0 Å². The Hall–Kier alpha value is -0.250. The van der Waals surface area contributed by atoms with Crippen LogP contribution in [0.1, 0.15) is 32.1 Å². The molecule has 0 radical (unpaired) electrons. The summed E-state index contributed by atoms with van der Waals surface area (Å²) in [5.74, 6) is 0.0616. The highest BCUT2D eigenvalue weighted by Gasteiger charge is 2.35. The molecule has 0 unspecified atom stereocenters. The molecule has 1 aliphatic rings. The lowest BCUT2D eigenvalue weighted by atomic mass is 9.88. The molecule has 0 aromatic carbocycles. The summed E-state index contributed by atoms with van der Waals surface area (Å²) in [6, 6.07) is 0. The van der Waals surface area contributed by atoms with Crippen molar-refractivity contribution in [2.75, 3.05) is 13.6 Å². The molecule has 0 aliphatic heterocycles. The molecule has 1 saturated carbocycles. The average molecular weight is 209 g/mol. The van der Waals surface area contributed by atoms with Crippen LogP contribution >= 0.6 is 0 Å². The van der Waals surface area contributed by atoms with Crippen molar-refractivity contribution in [1.29, 1.82) is 0 Å². The fraction of sp³-hybridized carbons (Fsp3) is 1.00. The van der Waals surface area contributed by atoms with Gasteiger partial charge in [-0.3, -0.25) is 0 Å². The summed E-state index contributed by atoms with van der Waals surface area (Å²) in [5.41, 5.74) is 0. The third kappa shape index (κ3) is 3.86. The van der Waals surface area contributed by atoms with Gasteiger partial charge in [-0.1, -0.05) is 25.7 Å². The lowest BCUT2D eigenvalue weighted by Gasteiger charge is -2.24. The topological polar surface area (TPSA) is 12.0 Å². The molecule has 0 saturated heterocycles. The molecule has 1 N–H and O–H groups in total. The van der Waals surface area contributed by atoms with E-state index >= 15 is 0 Å². The first kappa shape index (κ1) is 11.8. The molecular formula is C10H18F3N. The highest BCUT2D eigenvalue weighted by molar-refractivity contribution is 4.78. The highest BCUT2D eigenvalue weighted by Crippen LogP contribution is 2.37. The molecule has 1 rings (SSSR count). The molecule has 1 aliphatic carbocycles. The molecule has 84 valence electrons. The Morgan fingerprint density at radius 2 is 1.86 bits per heavy atom. The van der Waals surface area contributed by atoms with Crippen molar-refractivity contribution in [3.63, 3.8) is 0 Å². The van der Waals surface area contributed by atoms with Gasteiger partial charge in [0.05, 0.1) is 0 Å². The van der Waals surface area contributed by atoms with Crippen molar-refractivity contribution < 1.29 is 13.2 Å². The van der Waals surface area contributed by atoms with Gasteiger partial charge in [-0.25, -0.2) is 0 Å². The first-order valence-electron chi connectivity index (χ1n) is 5.24. The van der Waals surface area contributed by atoms with Crippen LogP contribution in [0.5, 0.6) is 0 Å². The van der Waals surface area contributed by atoms with Gasteiger partial charge >= 0.3 is 6.18 Å². The van der Waals surface area contributed by atoms with Gasteiger partial charge in [0, 0.05) is 6.42 Å². The number of hydrogen-bond donors (Lipinski definition) is 1. The number of halogens is 3. The minimum atomic E-state index is -4.01. The molecule has 0 spiro atoms. The summed E-state index contributed by atoms with van der Waals surface area (Å²) in [6.45, 7) is 0.490. The second-order valence-corrected chi connectivity index (χ2v) is 4.18. The Balaban J connectivity index is 2.45. The largest absolute Gasteiger partial charge is 0.389 e. The molecular weight excluding hydrogens is 191 g/mol. The Morgan fingerprint density at radius 3 is 2.29 bits per heavy atom. The lowest BCUT2D eigenvalue weighted by molar-refractivity contribution is -0.147. The van der Waals surface area contributed by atoms with E-state index in [-0.39, 0.29) is 11.8 Å². The molecule has 1 nitrogen and oxygen atoms in total. The van der Waals surface area contributed by atoms with Gasteiger partial charge < -0.3 is 5.32 Å². The zero-order chi connectivity index (χ0) is 10.6. The second kappa shape index (κ2) is 5.01. The van der Waals surface area contributed by atoms with E-state index in [2.05, 4.69) is 5.32 Å². The quantitative estimate of drug-likeness (QED) is 0.750. The monoisotopic (exact) mass is 209 g/mol. The third-order valence-electron chi connectivity index (χ3n) is 3.03. The van der Waals surface area contributed by atoms with Crippen molar-refractivity contribution in [1.82, 2.24) is 5.32 Å². The van der Waals surface area contributed by atoms with Crippen molar-refractivity contribution in [3.05, 3.63) is 0 Å². The first-order chi connectivity index (χ1) is 6.53. The molecule has 1 fully saturated rings. The fourth-order valence-electron chi connectivity index (χ4n) is 2.39. The summed E-state index contributed by atoms with van der Waals surface area (Å²) in [7, 11) is 1.72. The van der Waals surface area contributed by atoms with Gasteiger partial charge in [0.2, 0.25) is 0 Å². The van der Waals surface area contributed by atoms with E-state index in [1.165, 1.54) is 0 Å². The van der Waals surface area contributed by atoms with Gasteiger partial charge in [-0.05, 0) is 25.4 Å². The van der Waals surface area contributed by atoms with E-state index in [0.717, 1.165) is 25.7 Å². The van der Waals surface area contributed by atoms with E-state index in [1.54, 1.807) is 7.05 Å². The molecule has 0 amide bonds. The number of nitrogens with one attached hydrogen (secondary N) is 1. The highest BCUT2D eigenvalue weighted by atomic mass is 19.4. The molecule has 0 aromatic rings. The van der Waals surface area contributed by atoms with Crippen LogP contribution in [0.25, 0.3) is 0 Å². The van der Waals surface area contributed by atoms with Crippen LogP contribution in [0.2, 0.25) is 0 Å². The predicted octanol–water partition coefficient (Wildman–Crippen LogP) is 2.96. The molecule has 4 heteroatoms. The van der Waals surface area contributed by atoms with Gasteiger partial charge in [-0.2, -0.15) is 13.2 Å². The van der Waals surface area contributed by atoms with Crippen molar-refractivity contribution in [3.8, 4) is 0 Å². The Kier molecular flexibility index (Phi) is 4.23. The number of alkyl halides is 3. The van der Waals surface area contributed by atoms with E-state index in [9.17, 15) is 13.2 Å². The smallest absolute Gasteiger partial charge is 0.319 e. The average Bonchev–Trinajstić information content (AvgIpc) is 2.52. The van der Waals surface area contributed by atoms with E-state index < -0.39 is 12.6 Å². The summed E-state index contributed by atoms with van der Waals surface area (Å²) in [5, 5.41) is 2.87. The SMILES string of the molecule is CNC[C@H](CC(F)(F)F)C1CCCC1. The zero-order valence-corrected chi connectivity index (χ0v) is 8.53. The van der Waals surface area contributed by atoms with Crippen molar-refractivity contribution >= 4 is 0 Å². The molecule has 14 heavy (non-hydrogen) atoms. The predicted molar refractivity (Wildman–Crippen MR) is 50.0 cm³/mol. The summed E-state index contributed by atoms with van der Waals surface area (Å²) in [6.07, 6.45) is -0.487. The van der Waals surface area contributed by atoms with Crippen LogP contribution in [0, 0.1) is 11.8 Å². The normalized spacial score (nSPS) is 21.4. The minimum Gasteiger partial charge on any atom is -0.319 e. The van der Waals surface area contributed by atoms with Gasteiger partial charge in [0.25, 0.3) is 0 Å². The van der Waals surface area contributed by atoms with E-state index in [1.807, 2.05) is 0 Å². The molecule has 0 bridgehead atoms. The van der Waals surface area contributed by atoms with Crippen LogP contribution in [-0.2, 0) is 0 Å². The van der Waals surface area contributed by atoms with Crippen molar-refractivity contribution in [2.24, 2.45) is 11.8 Å². The Morgan fingerprint density at radius 1 is 1.29 bits per heavy atom.